The van der Waals surface area contributed by atoms with Crippen LogP contribution in [0.2, 0.25) is 0 Å². The summed E-state index contributed by atoms with van der Waals surface area (Å²) in [7, 11) is 0. The monoisotopic (exact) mass is 267 g/mol. The van der Waals surface area contributed by atoms with E-state index in [1.54, 1.807) is 0 Å². The lowest BCUT2D eigenvalue weighted by molar-refractivity contribution is 0.289. The van der Waals surface area contributed by atoms with Crippen molar-refractivity contribution in [3.8, 4) is 0 Å². The third kappa shape index (κ3) is 6.43. The van der Waals surface area contributed by atoms with Crippen LogP contribution in [0.4, 0.5) is 0 Å². The van der Waals surface area contributed by atoms with Crippen molar-refractivity contribution in [1.82, 2.24) is 5.32 Å². The highest BCUT2D eigenvalue weighted by Gasteiger charge is 2.03. The van der Waals surface area contributed by atoms with Crippen LogP contribution in [0.5, 0.6) is 0 Å². The van der Waals surface area contributed by atoms with Crippen LogP contribution in [-0.4, -0.2) is 23.5 Å². The molecule has 2 nitrogen and oxygen atoms in total. The Labute approximate surface area is 115 Å². The molecule has 1 aromatic carbocycles. The molecule has 2 N–H and O–H groups in total. The fraction of sp³-hybridized carbons (Fsp3) is 0.600. The standard InChI is InChI=1S/C15H25NOS/c1-12(2)10-16-11-14-4-6-15(7-5-14)18-13(3)8-9-17/h4-7,12-13,16-17H,8-11H2,1-3H3. The summed E-state index contributed by atoms with van der Waals surface area (Å²) in [6.07, 6.45) is 0.850. The van der Waals surface area contributed by atoms with Crippen molar-refractivity contribution in [1.29, 1.82) is 0 Å². The van der Waals surface area contributed by atoms with Crippen LogP contribution in [-0.2, 0) is 6.54 Å². The predicted molar refractivity (Wildman–Crippen MR) is 80.0 cm³/mol. The van der Waals surface area contributed by atoms with Gasteiger partial charge >= 0.3 is 0 Å². The van der Waals surface area contributed by atoms with Gasteiger partial charge in [-0.05, 0) is 36.6 Å². The normalized spacial score (nSPS) is 12.9. The molecule has 0 aliphatic carbocycles. The quantitative estimate of drug-likeness (QED) is 0.709. The zero-order chi connectivity index (χ0) is 13.4. The van der Waals surface area contributed by atoms with Crippen molar-refractivity contribution in [2.75, 3.05) is 13.2 Å². The largest absolute Gasteiger partial charge is 0.396 e. The van der Waals surface area contributed by atoms with Crippen molar-refractivity contribution in [3.63, 3.8) is 0 Å². The molecule has 0 saturated heterocycles. The summed E-state index contributed by atoms with van der Waals surface area (Å²) in [4.78, 5) is 1.28. The van der Waals surface area contributed by atoms with Crippen molar-refractivity contribution in [3.05, 3.63) is 29.8 Å². The molecule has 0 aliphatic rings. The lowest BCUT2D eigenvalue weighted by atomic mass is 10.2. The van der Waals surface area contributed by atoms with Gasteiger partial charge in [0.25, 0.3) is 0 Å². The Bertz CT molecular complexity index is 324. The molecule has 0 aliphatic heterocycles. The first-order valence-corrected chi connectivity index (χ1v) is 7.57. The Morgan fingerprint density at radius 3 is 2.39 bits per heavy atom. The van der Waals surface area contributed by atoms with Gasteiger partial charge < -0.3 is 10.4 Å². The second-order valence-corrected chi connectivity index (χ2v) is 6.62. The maximum atomic E-state index is 8.88. The molecule has 0 amide bonds. The van der Waals surface area contributed by atoms with E-state index in [1.807, 2.05) is 11.8 Å². The molecule has 1 aromatic rings. The van der Waals surface area contributed by atoms with Crippen molar-refractivity contribution < 1.29 is 5.11 Å². The van der Waals surface area contributed by atoms with E-state index in [4.69, 9.17) is 5.11 Å². The summed E-state index contributed by atoms with van der Waals surface area (Å²) >= 11 is 1.83. The zero-order valence-corrected chi connectivity index (χ0v) is 12.5. The fourth-order valence-corrected chi connectivity index (χ4v) is 2.65. The summed E-state index contributed by atoms with van der Waals surface area (Å²) < 4.78 is 0. The highest BCUT2D eigenvalue weighted by Crippen LogP contribution is 2.25. The molecule has 0 heterocycles. The third-order valence-electron chi connectivity index (χ3n) is 2.68. The van der Waals surface area contributed by atoms with Crippen molar-refractivity contribution in [2.24, 2.45) is 5.92 Å². The molecule has 102 valence electrons. The smallest absolute Gasteiger partial charge is 0.0441 e. The number of thioether (sulfide) groups is 1. The third-order valence-corrected chi connectivity index (χ3v) is 3.86. The molecular weight excluding hydrogens is 242 g/mol. The van der Waals surface area contributed by atoms with E-state index in [0.29, 0.717) is 11.2 Å². The lowest BCUT2D eigenvalue weighted by Gasteiger charge is -2.10. The highest BCUT2D eigenvalue weighted by molar-refractivity contribution is 7.99. The summed E-state index contributed by atoms with van der Waals surface area (Å²) in [5.74, 6) is 0.694. The SMILES string of the molecule is CC(C)CNCc1ccc(SC(C)CCO)cc1. The molecule has 0 fully saturated rings. The van der Waals surface area contributed by atoms with Crippen LogP contribution in [0.25, 0.3) is 0 Å². The summed E-state index contributed by atoms with van der Waals surface area (Å²) in [6, 6.07) is 8.71. The maximum Gasteiger partial charge on any atom is 0.0441 e. The molecule has 18 heavy (non-hydrogen) atoms. The number of benzene rings is 1. The lowest BCUT2D eigenvalue weighted by Crippen LogP contribution is -2.18. The van der Waals surface area contributed by atoms with E-state index in [9.17, 15) is 0 Å². The van der Waals surface area contributed by atoms with Crippen molar-refractivity contribution >= 4 is 11.8 Å². The Morgan fingerprint density at radius 2 is 1.83 bits per heavy atom. The molecule has 1 rings (SSSR count). The number of aliphatic hydroxyl groups is 1. The molecule has 0 aromatic heterocycles. The van der Waals surface area contributed by atoms with Gasteiger partial charge in [-0.1, -0.05) is 32.9 Å². The molecular formula is C15H25NOS. The Kier molecular flexibility index (Phi) is 7.40. The highest BCUT2D eigenvalue weighted by atomic mass is 32.2. The first-order valence-electron chi connectivity index (χ1n) is 6.69. The first kappa shape index (κ1) is 15.5. The fourth-order valence-electron chi connectivity index (χ4n) is 1.66. The average molecular weight is 267 g/mol. The minimum atomic E-state index is 0.269. The second kappa shape index (κ2) is 8.57. The number of hydrogen-bond acceptors (Lipinski definition) is 3. The van der Waals surface area contributed by atoms with Gasteiger partial charge in [-0.3, -0.25) is 0 Å². The van der Waals surface area contributed by atoms with E-state index in [0.717, 1.165) is 19.5 Å². The molecule has 0 saturated carbocycles. The van der Waals surface area contributed by atoms with E-state index in [1.165, 1.54) is 10.5 Å². The van der Waals surface area contributed by atoms with Gasteiger partial charge in [-0.15, -0.1) is 11.8 Å². The molecule has 0 bridgehead atoms. The van der Waals surface area contributed by atoms with Crippen LogP contribution in [0.1, 0.15) is 32.8 Å². The van der Waals surface area contributed by atoms with Gasteiger partial charge in [0, 0.05) is 23.3 Å². The zero-order valence-electron chi connectivity index (χ0n) is 11.6. The molecule has 3 heteroatoms. The molecule has 0 spiro atoms. The van der Waals surface area contributed by atoms with Crippen LogP contribution in [0.15, 0.2) is 29.2 Å². The van der Waals surface area contributed by atoms with Crippen LogP contribution >= 0.6 is 11.8 Å². The Morgan fingerprint density at radius 1 is 1.17 bits per heavy atom. The van der Waals surface area contributed by atoms with Gasteiger partial charge in [-0.25, -0.2) is 0 Å². The molecule has 0 radical (unpaired) electrons. The van der Waals surface area contributed by atoms with E-state index >= 15 is 0 Å². The molecule has 1 atom stereocenters. The van der Waals surface area contributed by atoms with Gasteiger partial charge in [0.2, 0.25) is 0 Å². The van der Waals surface area contributed by atoms with Crippen LogP contribution in [0.3, 0.4) is 0 Å². The van der Waals surface area contributed by atoms with E-state index < -0.39 is 0 Å². The molecule has 1 unspecified atom stereocenters. The minimum Gasteiger partial charge on any atom is -0.396 e. The van der Waals surface area contributed by atoms with E-state index in [-0.39, 0.29) is 6.61 Å². The Hall–Kier alpha value is -0.510. The first-order chi connectivity index (χ1) is 8.61. The van der Waals surface area contributed by atoms with Crippen molar-refractivity contribution in [2.45, 2.75) is 43.9 Å². The summed E-state index contributed by atoms with van der Waals surface area (Å²) in [5.41, 5.74) is 1.33. The maximum absolute atomic E-state index is 8.88. The summed E-state index contributed by atoms with van der Waals surface area (Å²) in [6.45, 7) is 8.86. The van der Waals surface area contributed by atoms with Gasteiger partial charge in [-0.2, -0.15) is 0 Å². The van der Waals surface area contributed by atoms with Gasteiger partial charge in [0.15, 0.2) is 0 Å². The predicted octanol–water partition coefficient (Wildman–Crippen LogP) is 3.30. The van der Waals surface area contributed by atoms with Crippen LogP contribution in [0, 0.1) is 5.92 Å². The average Bonchev–Trinajstić information content (AvgIpc) is 2.31. The number of hydrogen-bond donors (Lipinski definition) is 2. The summed E-state index contributed by atoms with van der Waals surface area (Å²) in [5, 5.41) is 12.8. The number of aliphatic hydroxyl groups excluding tert-OH is 1. The number of rotatable bonds is 8. The van der Waals surface area contributed by atoms with Gasteiger partial charge in [0.05, 0.1) is 0 Å². The topological polar surface area (TPSA) is 32.3 Å². The van der Waals surface area contributed by atoms with Crippen LogP contribution < -0.4 is 5.32 Å². The van der Waals surface area contributed by atoms with Gasteiger partial charge in [0.1, 0.15) is 0 Å². The number of nitrogens with one attached hydrogen (secondary N) is 1. The second-order valence-electron chi connectivity index (χ2n) is 5.11. The minimum absolute atomic E-state index is 0.269. The van der Waals surface area contributed by atoms with E-state index in [2.05, 4.69) is 50.4 Å². The Balaban J connectivity index is 2.37.